The number of carbonyl (C=O) groups excluding carboxylic acids is 2. The van der Waals surface area contributed by atoms with Crippen LogP contribution in [0.15, 0.2) is 42.5 Å². The number of carbonyl (C=O) groups is 2. The molecule has 1 aliphatic rings. The van der Waals surface area contributed by atoms with Gasteiger partial charge in [-0.05, 0) is 19.1 Å². The van der Waals surface area contributed by atoms with Gasteiger partial charge in [-0.15, -0.1) is 0 Å². The Morgan fingerprint density at radius 2 is 2.06 bits per heavy atom. The predicted octanol–water partition coefficient (Wildman–Crippen LogP) is 1.52. The molecule has 1 unspecified atom stereocenters. The number of rotatable bonds is 3. The molecular weight excluding hydrogens is 218 g/mol. The zero-order chi connectivity index (χ0) is 12.4. The highest BCUT2D eigenvalue weighted by Gasteiger charge is 2.47. The summed E-state index contributed by atoms with van der Waals surface area (Å²) in [5.74, 6) is -0.657. The molecule has 4 heteroatoms. The van der Waals surface area contributed by atoms with Crippen molar-refractivity contribution in [3.8, 4) is 0 Å². The standard InChI is InChI=1S/C13H13NO3/c1-3-17-13(16)11-9(2)12(15)14(11)10-7-5-4-6-8-10/h4-8,11H,2-3H2,1H3. The molecule has 0 saturated carbocycles. The highest BCUT2D eigenvalue weighted by atomic mass is 16.5. The molecule has 17 heavy (non-hydrogen) atoms. The van der Waals surface area contributed by atoms with Crippen LogP contribution in [0.2, 0.25) is 0 Å². The van der Waals surface area contributed by atoms with Gasteiger partial charge in [-0.2, -0.15) is 0 Å². The third kappa shape index (κ3) is 1.82. The predicted molar refractivity (Wildman–Crippen MR) is 63.5 cm³/mol. The lowest BCUT2D eigenvalue weighted by molar-refractivity contribution is -0.147. The lowest BCUT2D eigenvalue weighted by Gasteiger charge is -2.40. The van der Waals surface area contributed by atoms with Crippen molar-refractivity contribution in [3.05, 3.63) is 42.5 Å². The number of β-lactam (4-membered cyclic amide) rings is 1. The number of anilines is 1. The van der Waals surface area contributed by atoms with Crippen LogP contribution in [0.1, 0.15) is 6.92 Å². The number of hydrogen-bond donors (Lipinski definition) is 0. The third-order valence-corrected chi connectivity index (χ3v) is 2.63. The maximum atomic E-state index is 11.7. The summed E-state index contributed by atoms with van der Waals surface area (Å²) in [6.07, 6.45) is 0. The fourth-order valence-corrected chi connectivity index (χ4v) is 1.80. The maximum absolute atomic E-state index is 11.7. The Labute approximate surface area is 99.5 Å². The van der Waals surface area contributed by atoms with Crippen molar-refractivity contribution in [3.63, 3.8) is 0 Å². The number of hydrogen-bond acceptors (Lipinski definition) is 3. The van der Waals surface area contributed by atoms with Crippen molar-refractivity contribution in [2.45, 2.75) is 13.0 Å². The molecule has 4 nitrogen and oxygen atoms in total. The molecule has 1 atom stereocenters. The van der Waals surface area contributed by atoms with Gasteiger partial charge < -0.3 is 4.74 Å². The largest absolute Gasteiger partial charge is 0.464 e. The number of amides is 1. The second-order valence-electron chi connectivity index (χ2n) is 3.69. The minimum Gasteiger partial charge on any atom is -0.464 e. The molecule has 1 heterocycles. The Balaban J connectivity index is 2.25. The molecule has 1 saturated heterocycles. The summed E-state index contributed by atoms with van der Waals surface area (Å²) in [5.41, 5.74) is 0.968. The topological polar surface area (TPSA) is 46.6 Å². The molecule has 88 valence electrons. The number of ether oxygens (including phenoxy) is 1. The van der Waals surface area contributed by atoms with Gasteiger partial charge in [-0.25, -0.2) is 4.79 Å². The highest BCUT2D eigenvalue weighted by Crippen LogP contribution is 2.31. The second-order valence-corrected chi connectivity index (χ2v) is 3.69. The molecule has 0 aromatic heterocycles. The van der Waals surface area contributed by atoms with Crippen molar-refractivity contribution in [1.29, 1.82) is 0 Å². The zero-order valence-electron chi connectivity index (χ0n) is 9.55. The van der Waals surface area contributed by atoms with Gasteiger partial charge >= 0.3 is 5.97 Å². The van der Waals surface area contributed by atoms with Gasteiger partial charge in [-0.3, -0.25) is 9.69 Å². The SMILES string of the molecule is C=C1C(=O)N(c2ccccc2)C1C(=O)OCC. The van der Waals surface area contributed by atoms with Crippen molar-refractivity contribution in [1.82, 2.24) is 0 Å². The summed E-state index contributed by atoms with van der Waals surface area (Å²) in [6, 6.07) is 8.34. The first-order valence-corrected chi connectivity index (χ1v) is 5.41. The Kier molecular flexibility index (Phi) is 2.95. The first-order chi connectivity index (χ1) is 8.16. The van der Waals surface area contributed by atoms with E-state index < -0.39 is 12.0 Å². The summed E-state index contributed by atoms with van der Waals surface area (Å²) in [7, 11) is 0. The van der Waals surface area contributed by atoms with Crippen molar-refractivity contribution >= 4 is 17.6 Å². The minimum absolute atomic E-state index is 0.228. The van der Waals surface area contributed by atoms with Gasteiger partial charge in [0.25, 0.3) is 5.91 Å². The van der Waals surface area contributed by atoms with E-state index in [2.05, 4.69) is 6.58 Å². The van der Waals surface area contributed by atoms with Crippen molar-refractivity contribution < 1.29 is 14.3 Å². The molecule has 0 N–H and O–H groups in total. The fraction of sp³-hybridized carbons (Fsp3) is 0.231. The molecule has 0 spiro atoms. The first kappa shape index (κ1) is 11.4. The van der Waals surface area contributed by atoms with Gasteiger partial charge in [0.15, 0.2) is 6.04 Å². The molecule has 1 fully saturated rings. The Morgan fingerprint density at radius 1 is 1.41 bits per heavy atom. The Bertz CT molecular complexity index is 467. The van der Waals surface area contributed by atoms with Gasteiger partial charge in [0, 0.05) is 11.3 Å². The molecule has 0 aliphatic carbocycles. The van der Waals surface area contributed by atoms with E-state index in [0.29, 0.717) is 12.3 Å². The van der Waals surface area contributed by atoms with E-state index in [4.69, 9.17) is 4.74 Å². The minimum atomic E-state index is -0.676. The van der Waals surface area contributed by atoms with Crippen LogP contribution in [-0.4, -0.2) is 24.5 Å². The van der Waals surface area contributed by atoms with Crippen LogP contribution in [0.4, 0.5) is 5.69 Å². The summed E-state index contributed by atoms with van der Waals surface area (Å²) in [6.45, 7) is 5.63. The molecule has 1 aliphatic heterocycles. The van der Waals surface area contributed by atoms with Crippen LogP contribution < -0.4 is 4.90 Å². The molecule has 1 aromatic rings. The lowest BCUT2D eigenvalue weighted by atomic mass is 9.95. The van der Waals surface area contributed by atoms with E-state index in [-0.39, 0.29) is 11.5 Å². The van der Waals surface area contributed by atoms with E-state index in [1.165, 1.54) is 4.90 Å². The van der Waals surface area contributed by atoms with Crippen LogP contribution in [0.5, 0.6) is 0 Å². The molecule has 0 bridgehead atoms. The average Bonchev–Trinajstić information content (AvgIpc) is 2.35. The number of benzene rings is 1. The Hall–Kier alpha value is -2.10. The van der Waals surface area contributed by atoms with E-state index in [1.807, 2.05) is 18.2 Å². The van der Waals surface area contributed by atoms with Gasteiger partial charge in [-0.1, -0.05) is 24.8 Å². The summed E-state index contributed by atoms with van der Waals surface area (Å²) in [5, 5.41) is 0. The third-order valence-electron chi connectivity index (χ3n) is 2.63. The fourth-order valence-electron chi connectivity index (χ4n) is 1.80. The van der Waals surface area contributed by atoms with Crippen molar-refractivity contribution in [2.24, 2.45) is 0 Å². The molecular formula is C13H13NO3. The zero-order valence-corrected chi connectivity index (χ0v) is 9.55. The Morgan fingerprint density at radius 3 is 2.65 bits per heavy atom. The first-order valence-electron chi connectivity index (χ1n) is 5.41. The van der Waals surface area contributed by atoms with Gasteiger partial charge in [0.2, 0.25) is 0 Å². The number of para-hydroxylation sites is 1. The van der Waals surface area contributed by atoms with E-state index in [0.717, 1.165) is 0 Å². The van der Waals surface area contributed by atoms with Crippen LogP contribution in [0.25, 0.3) is 0 Å². The molecule has 0 radical (unpaired) electrons. The van der Waals surface area contributed by atoms with E-state index >= 15 is 0 Å². The van der Waals surface area contributed by atoms with Gasteiger partial charge in [0.05, 0.1) is 6.61 Å². The average molecular weight is 231 g/mol. The normalized spacial score (nSPS) is 18.9. The van der Waals surface area contributed by atoms with Crippen molar-refractivity contribution in [2.75, 3.05) is 11.5 Å². The smallest absolute Gasteiger partial charge is 0.334 e. The monoisotopic (exact) mass is 231 g/mol. The summed E-state index contributed by atoms with van der Waals surface area (Å²) >= 11 is 0. The van der Waals surface area contributed by atoms with Crippen LogP contribution >= 0.6 is 0 Å². The number of nitrogens with zero attached hydrogens (tertiary/aromatic N) is 1. The van der Waals surface area contributed by atoms with Crippen LogP contribution in [0, 0.1) is 0 Å². The highest BCUT2D eigenvalue weighted by molar-refractivity contribution is 6.21. The number of esters is 1. The summed E-state index contributed by atoms with van der Waals surface area (Å²) < 4.78 is 4.92. The van der Waals surface area contributed by atoms with E-state index in [9.17, 15) is 9.59 Å². The maximum Gasteiger partial charge on any atom is 0.334 e. The summed E-state index contributed by atoms with van der Waals surface area (Å²) in [4.78, 5) is 24.8. The van der Waals surface area contributed by atoms with Crippen LogP contribution in [0.3, 0.4) is 0 Å². The molecule has 1 amide bonds. The lowest BCUT2D eigenvalue weighted by Crippen LogP contribution is -2.59. The molecule has 2 rings (SSSR count). The molecule has 1 aromatic carbocycles. The van der Waals surface area contributed by atoms with Crippen LogP contribution in [-0.2, 0) is 14.3 Å². The van der Waals surface area contributed by atoms with Gasteiger partial charge in [0.1, 0.15) is 0 Å². The quantitative estimate of drug-likeness (QED) is 0.450. The van der Waals surface area contributed by atoms with E-state index in [1.54, 1.807) is 19.1 Å². The second kappa shape index (κ2) is 4.41.